The van der Waals surface area contributed by atoms with Crippen LogP contribution in [0.25, 0.3) is 11.1 Å². The van der Waals surface area contributed by atoms with Crippen LogP contribution in [0, 0.1) is 6.92 Å². The molecule has 1 aromatic heterocycles. The van der Waals surface area contributed by atoms with Crippen molar-refractivity contribution in [3.05, 3.63) is 78.3 Å². The van der Waals surface area contributed by atoms with Gasteiger partial charge in [-0.3, -0.25) is 4.79 Å². The van der Waals surface area contributed by atoms with Crippen molar-refractivity contribution in [1.82, 2.24) is 5.32 Å². The topological polar surface area (TPSA) is 77.8 Å². The first-order valence-electron chi connectivity index (χ1n) is 8.89. The van der Waals surface area contributed by atoms with Crippen LogP contribution >= 0.6 is 0 Å². The molecule has 144 valence electrons. The van der Waals surface area contributed by atoms with Crippen molar-refractivity contribution in [2.45, 2.75) is 6.92 Å². The lowest BCUT2D eigenvalue weighted by Crippen LogP contribution is -2.32. The Kier molecular flexibility index (Phi) is 6.46. The van der Waals surface area contributed by atoms with Crippen molar-refractivity contribution in [2.75, 3.05) is 19.8 Å². The van der Waals surface area contributed by atoms with E-state index in [0.717, 1.165) is 16.9 Å². The molecule has 6 heteroatoms. The zero-order valence-electron chi connectivity index (χ0n) is 15.5. The summed E-state index contributed by atoms with van der Waals surface area (Å²) in [6.45, 7) is 2.21. The van der Waals surface area contributed by atoms with Crippen molar-refractivity contribution < 1.29 is 23.5 Å². The van der Waals surface area contributed by atoms with Crippen LogP contribution < -0.4 is 10.1 Å². The zero-order chi connectivity index (χ0) is 19.8. The van der Waals surface area contributed by atoms with Crippen LogP contribution in [0.3, 0.4) is 0 Å². The number of aryl methyl sites for hydroxylation is 1. The molecule has 3 rings (SSSR count). The molecule has 0 aliphatic carbocycles. The van der Waals surface area contributed by atoms with Gasteiger partial charge in [-0.25, -0.2) is 4.79 Å². The van der Waals surface area contributed by atoms with Gasteiger partial charge in [0, 0.05) is 5.56 Å². The third-order valence-corrected chi connectivity index (χ3v) is 3.95. The van der Waals surface area contributed by atoms with Crippen molar-refractivity contribution in [1.29, 1.82) is 0 Å². The number of ether oxygens (including phenoxy) is 2. The van der Waals surface area contributed by atoms with E-state index in [9.17, 15) is 9.59 Å². The molecular weight excluding hydrogens is 358 g/mol. The molecule has 0 spiro atoms. The third-order valence-electron chi connectivity index (χ3n) is 3.95. The summed E-state index contributed by atoms with van der Waals surface area (Å²) in [6.07, 6.45) is 1.42. The van der Waals surface area contributed by atoms with Gasteiger partial charge in [0.15, 0.2) is 6.61 Å². The highest BCUT2D eigenvalue weighted by Crippen LogP contribution is 2.25. The van der Waals surface area contributed by atoms with Crippen LogP contribution in [0.15, 0.2) is 71.3 Å². The summed E-state index contributed by atoms with van der Waals surface area (Å²) in [7, 11) is 0. The zero-order valence-corrected chi connectivity index (χ0v) is 15.5. The number of nitrogens with one attached hydrogen (secondary N) is 1. The molecule has 0 aliphatic heterocycles. The fourth-order valence-electron chi connectivity index (χ4n) is 2.62. The monoisotopic (exact) mass is 379 g/mol. The molecule has 3 aromatic rings. The number of amides is 1. The number of furan rings is 1. The molecular formula is C22H21NO5. The molecule has 0 saturated carbocycles. The minimum absolute atomic E-state index is 0.0711. The van der Waals surface area contributed by atoms with Gasteiger partial charge in [-0.1, -0.05) is 42.5 Å². The number of rotatable bonds is 8. The SMILES string of the molecule is Cc1cccc(OCCNC(=O)COC(=O)c2occc2-c2ccccc2)c1. The molecule has 1 N–H and O–H groups in total. The van der Waals surface area contributed by atoms with Crippen LogP contribution in [0.4, 0.5) is 0 Å². The molecule has 0 saturated heterocycles. The Balaban J connectivity index is 1.42. The lowest BCUT2D eigenvalue weighted by atomic mass is 10.1. The summed E-state index contributed by atoms with van der Waals surface area (Å²) in [5.74, 6) is -0.280. The number of esters is 1. The predicted molar refractivity (Wildman–Crippen MR) is 104 cm³/mol. The highest BCUT2D eigenvalue weighted by Gasteiger charge is 2.19. The van der Waals surface area contributed by atoms with Gasteiger partial charge in [0.05, 0.1) is 12.8 Å². The largest absolute Gasteiger partial charge is 0.492 e. The van der Waals surface area contributed by atoms with E-state index in [0.29, 0.717) is 18.7 Å². The Labute approximate surface area is 163 Å². The number of carbonyl (C=O) groups excluding carboxylic acids is 2. The lowest BCUT2D eigenvalue weighted by Gasteiger charge is -2.09. The normalized spacial score (nSPS) is 10.3. The molecule has 0 radical (unpaired) electrons. The first kappa shape index (κ1) is 19.2. The van der Waals surface area contributed by atoms with Crippen LogP contribution in [-0.4, -0.2) is 31.6 Å². The summed E-state index contributed by atoms with van der Waals surface area (Å²) in [5, 5.41) is 2.64. The fraction of sp³-hybridized carbons (Fsp3) is 0.182. The molecule has 0 fully saturated rings. The quantitative estimate of drug-likeness (QED) is 0.478. The summed E-state index contributed by atoms with van der Waals surface area (Å²) < 4.78 is 15.8. The fourth-order valence-corrected chi connectivity index (χ4v) is 2.62. The highest BCUT2D eigenvalue weighted by atomic mass is 16.5. The number of carbonyl (C=O) groups is 2. The molecule has 0 atom stereocenters. The van der Waals surface area contributed by atoms with E-state index in [4.69, 9.17) is 13.9 Å². The van der Waals surface area contributed by atoms with E-state index < -0.39 is 18.5 Å². The lowest BCUT2D eigenvalue weighted by molar-refractivity contribution is -0.124. The van der Waals surface area contributed by atoms with Crippen LogP contribution in [0.1, 0.15) is 16.1 Å². The van der Waals surface area contributed by atoms with Crippen LogP contribution in [-0.2, 0) is 9.53 Å². The molecule has 6 nitrogen and oxygen atoms in total. The first-order chi connectivity index (χ1) is 13.6. The molecule has 28 heavy (non-hydrogen) atoms. The second kappa shape index (κ2) is 9.41. The second-order valence-corrected chi connectivity index (χ2v) is 6.12. The van der Waals surface area contributed by atoms with Gasteiger partial charge in [-0.15, -0.1) is 0 Å². The van der Waals surface area contributed by atoms with Crippen LogP contribution in [0.5, 0.6) is 5.75 Å². The number of hydrogen-bond acceptors (Lipinski definition) is 5. The molecule has 1 amide bonds. The van der Waals surface area contributed by atoms with E-state index in [1.54, 1.807) is 6.07 Å². The maximum atomic E-state index is 12.2. The van der Waals surface area contributed by atoms with Gasteiger partial charge in [-0.2, -0.15) is 0 Å². The summed E-state index contributed by atoms with van der Waals surface area (Å²) in [4.78, 5) is 24.1. The smallest absolute Gasteiger partial charge is 0.375 e. The third kappa shape index (κ3) is 5.23. The van der Waals surface area contributed by atoms with Crippen molar-refractivity contribution in [2.24, 2.45) is 0 Å². The van der Waals surface area contributed by atoms with Gasteiger partial charge in [0.1, 0.15) is 12.4 Å². The van der Waals surface area contributed by atoms with Crippen LogP contribution in [0.2, 0.25) is 0 Å². The van der Waals surface area contributed by atoms with Crippen molar-refractivity contribution in [3.63, 3.8) is 0 Å². The Morgan fingerprint density at radius 2 is 1.86 bits per heavy atom. The second-order valence-electron chi connectivity index (χ2n) is 6.12. The molecule has 1 heterocycles. The Morgan fingerprint density at radius 3 is 2.64 bits per heavy atom. The molecule has 2 aromatic carbocycles. The number of hydrogen-bond donors (Lipinski definition) is 1. The van der Waals surface area contributed by atoms with Crippen molar-refractivity contribution in [3.8, 4) is 16.9 Å². The predicted octanol–water partition coefficient (Wildman–Crippen LogP) is 3.61. The van der Waals surface area contributed by atoms with E-state index >= 15 is 0 Å². The van der Waals surface area contributed by atoms with Crippen molar-refractivity contribution >= 4 is 11.9 Å². The maximum Gasteiger partial charge on any atom is 0.375 e. The average Bonchev–Trinajstić information content (AvgIpc) is 3.20. The minimum atomic E-state index is -0.685. The summed E-state index contributed by atoms with van der Waals surface area (Å²) in [6, 6.07) is 18.7. The first-order valence-corrected chi connectivity index (χ1v) is 8.89. The van der Waals surface area contributed by atoms with E-state index in [1.165, 1.54) is 6.26 Å². The summed E-state index contributed by atoms with van der Waals surface area (Å²) in [5.41, 5.74) is 2.56. The van der Waals surface area contributed by atoms with Gasteiger partial charge < -0.3 is 19.2 Å². The van der Waals surface area contributed by atoms with Gasteiger partial charge in [0.2, 0.25) is 5.76 Å². The Hall–Kier alpha value is -3.54. The van der Waals surface area contributed by atoms with Gasteiger partial charge in [-0.05, 0) is 36.2 Å². The van der Waals surface area contributed by atoms with E-state index in [1.807, 2.05) is 61.5 Å². The number of benzene rings is 2. The Morgan fingerprint density at radius 1 is 1.04 bits per heavy atom. The molecule has 0 aliphatic rings. The molecule has 0 unspecified atom stereocenters. The molecule has 0 bridgehead atoms. The van der Waals surface area contributed by atoms with Gasteiger partial charge in [0.25, 0.3) is 5.91 Å². The van der Waals surface area contributed by atoms with Gasteiger partial charge >= 0.3 is 5.97 Å². The minimum Gasteiger partial charge on any atom is -0.492 e. The van der Waals surface area contributed by atoms with E-state index in [-0.39, 0.29) is 5.76 Å². The highest BCUT2D eigenvalue weighted by molar-refractivity contribution is 5.95. The average molecular weight is 379 g/mol. The van der Waals surface area contributed by atoms with E-state index in [2.05, 4.69) is 5.32 Å². The summed E-state index contributed by atoms with van der Waals surface area (Å²) >= 11 is 0. The maximum absolute atomic E-state index is 12.2. The standard InChI is InChI=1S/C22H21NO5/c1-16-6-5-9-18(14-16)26-13-11-23-20(24)15-28-22(25)21-19(10-12-27-21)17-7-3-2-4-8-17/h2-10,12,14H,11,13,15H2,1H3,(H,23,24). The Bertz CT molecular complexity index is 933.